The van der Waals surface area contributed by atoms with Crippen LogP contribution in [0.2, 0.25) is 0 Å². The summed E-state index contributed by atoms with van der Waals surface area (Å²) in [5, 5.41) is 2.67. The zero-order valence-electron chi connectivity index (χ0n) is 14.9. The summed E-state index contributed by atoms with van der Waals surface area (Å²) < 4.78 is 9.72. The first-order chi connectivity index (χ1) is 12.4. The second-order valence-corrected chi connectivity index (χ2v) is 5.60. The van der Waals surface area contributed by atoms with Crippen molar-refractivity contribution in [2.75, 3.05) is 20.3 Å². The molecule has 136 valence electrons. The van der Waals surface area contributed by atoms with Gasteiger partial charge in [0.1, 0.15) is 11.3 Å². The molecule has 0 aliphatic rings. The van der Waals surface area contributed by atoms with Gasteiger partial charge in [0.2, 0.25) is 0 Å². The lowest BCUT2D eigenvalue weighted by atomic mass is 10.0. The van der Waals surface area contributed by atoms with Crippen molar-refractivity contribution in [3.05, 3.63) is 69.0 Å². The molecule has 0 bridgehead atoms. The van der Waals surface area contributed by atoms with E-state index < -0.39 is 11.4 Å². The second-order valence-electron chi connectivity index (χ2n) is 5.60. The van der Waals surface area contributed by atoms with Gasteiger partial charge < -0.3 is 14.5 Å². The number of carbonyl (C=O) groups excluding carboxylic acids is 2. The molecule has 0 saturated carbocycles. The first kappa shape index (κ1) is 19.3. The summed E-state index contributed by atoms with van der Waals surface area (Å²) in [6, 6.07) is 4.89. The number of aromatic nitrogens is 1. The Morgan fingerprint density at radius 3 is 2.81 bits per heavy atom. The highest BCUT2D eigenvalue weighted by molar-refractivity contribution is 6.07. The summed E-state index contributed by atoms with van der Waals surface area (Å²) >= 11 is 0. The number of hydrogen-bond donors (Lipinski definition) is 1. The van der Waals surface area contributed by atoms with Crippen LogP contribution in [0.3, 0.4) is 0 Å². The number of aryl methyl sites for hydroxylation is 1. The normalized spacial score (nSPS) is 10.9. The Kier molecular flexibility index (Phi) is 6.57. The monoisotopic (exact) mass is 356 g/mol. The van der Waals surface area contributed by atoms with Gasteiger partial charge in [-0.2, -0.15) is 0 Å². The van der Waals surface area contributed by atoms with E-state index in [4.69, 9.17) is 9.15 Å². The average Bonchev–Trinajstić information content (AvgIpc) is 2.64. The van der Waals surface area contributed by atoms with Gasteiger partial charge in [0, 0.05) is 13.7 Å². The van der Waals surface area contributed by atoms with Crippen LogP contribution in [-0.2, 0) is 4.74 Å². The number of allylic oxidation sites excluding steroid dienone is 1. The molecule has 0 atom stereocenters. The number of nitrogens with zero attached hydrogens (tertiary/aromatic N) is 1. The van der Waals surface area contributed by atoms with E-state index in [0.29, 0.717) is 30.0 Å². The minimum absolute atomic E-state index is 0.00490. The quantitative estimate of drug-likeness (QED) is 0.462. The molecule has 0 aliphatic heterocycles. The van der Waals surface area contributed by atoms with E-state index in [1.165, 1.54) is 18.4 Å². The first-order valence-corrected chi connectivity index (χ1v) is 7.99. The Labute approximate surface area is 150 Å². The summed E-state index contributed by atoms with van der Waals surface area (Å²) in [6.07, 6.45) is 4.02. The van der Waals surface area contributed by atoms with Crippen molar-refractivity contribution >= 4 is 17.8 Å². The number of pyridine rings is 1. The van der Waals surface area contributed by atoms with Gasteiger partial charge in [-0.25, -0.2) is 9.78 Å². The average molecular weight is 356 g/mol. The summed E-state index contributed by atoms with van der Waals surface area (Å²) in [5.74, 6) is -0.810. The van der Waals surface area contributed by atoms with Crippen molar-refractivity contribution in [2.45, 2.75) is 13.8 Å². The van der Waals surface area contributed by atoms with E-state index in [9.17, 15) is 14.4 Å². The zero-order chi connectivity index (χ0) is 19.1. The lowest BCUT2D eigenvalue weighted by Crippen LogP contribution is -2.27. The van der Waals surface area contributed by atoms with Crippen molar-refractivity contribution in [3.8, 4) is 0 Å². The van der Waals surface area contributed by atoms with Gasteiger partial charge in [-0.15, -0.1) is 0 Å². The number of nitrogens with one attached hydrogen (secondary N) is 1. The van der Waals surface area contributed by atoms with Crippen molar-refractivity contribution in [1.29, 1.82) is 0 Å². The number of carbonyl (C=O) groups is 2. The van der Waals surface area contributed by atoms with Crippen LogP contribution in [0.4, 0.5) is 0 Å². The number of rotatable bonds is 7. The summed E-state index contributed by atoms with van der Waals surface area (Å²) in [7, 11) is 1.55. The van der Waals surface area contributed by atoms with E-state index in [2.05, 4.69) is 10.3 Å². The van der Waals surface area contributed by atoms with E-state index in [0.717, 1.165) is 0 Å². The summed E-state index contributed by atoms with van der Waals surface area (Å²) in [5.41, 5.74) is 1.26. The Bertz CT molecular complexity index is 899. The molecular weight excluding hydrogens is 336 g/mol. The Morgan fingerprint density at radius 2 is 2.08 bits per heavy atom. The highest BCUT2D eigenvalue weighted by Crippen LogP contribution is 2.11. The van der Waals surface area contributed by atoms with Gasteiger partial charge >= 0.3 is 5.63 Å². The largest absolute Gasteiger partial charge is 0.430 e. The van der Waals surface area contributed by atoms with Crippen LogP contribution < -0.4 is 10.9 Å². The molecule has 7 heteroatoms. The first-order valence-electron chi connectivity index (χ1n) is 7.99. The second kappa shape index (κ2) is 8.87. The minimum Gasteiger partial charge on any atom is -0.430 e. The number of ether oxygens (including phenoxy) is 1. The van der Waals surface area contributed by atoms with Crippen LogP contribution in [0, 0.1) is 13.8 Å². The van der Waals surface area contributed by atoms with E-state index in [1.54, 1.807) is 39.2 Å². The molecule has 2 heterocycles. The molecule has 7 nitrogen and oxygen atoms in total. The van der Waals surface area contributed by atoms with Gasteiger partial charge in [-0.1, -0.05) is 6.07 Å². The molecule has 0 spiro atoms. The van der Waals surface area contributed by atoms with E-state index >= 15 is 0 Å². The Balaban J connectivity index is 2.17. The summed E-state index contributed by atoms with van der Waals surface area (Å²) in [4.78, 5) is 40.3. The number of amides is 1. The van der Waals surface area contributed by atoms with Gasteiger partial charge in [0.25, 0.3) is 5.91 Å². The van der Waals surface area contributed by atoms with Crippen LogP contribution in [0.5, 0.6) is 0 Å². The van der Waals surface area contributed by atoms with Crippen molar-refractivity contribution in [1.82, 2.24) is 10.3 Å². The molecule has 2 rings (SSSR count). The molecule has 0 saturated heterocycles. The maximum Gasteiger partial charge on any atom is 0.347 e. The molecule has 0 aliphatic carbocycles. The van der Waals surface area contributed by atoms with Gasteiger partial charge in [-0.3, -0.25) is 9.59 Å². The van der Waals surface area contributed by atoms with Crippen LogP contribution in [0.25, 0.3) is 6.08 Å². The highest BCUT2D eigenvalue weighted by atomic mass is 16.5. The highest BCUT2D eigenvalue weighted by Gasteiger charge is 2.14. The maximum atomic E-state index is 12.3. The lowest BCUT2D eigenvalue weighted by Gasteiger charge is -2.04. The van der Waals surface area contributed by atoms with Crippen molar-refractivity contribution in [3.63, 3.8) is 0 Å². The molecule has 1 amide bonds. The fourth-order valence-corrected chi connectivity index (χ4v) is 2.20. The third kappa shape index (κ3) is 4.73. The van der Waals surface area contributed by atoms with Crippen molar-refractivity contribution in [2.24, 2.45) is 0 Å². The zero-order valence-corrected chi connectivity index (χ0v) is 14.9. The molecule has 2 aromatic heterocycles. The van der Waals surface area contributed by atoms with Gasteiger partial charge in [0.15, 0.2) is 5.78 Å². The predicted octanol–water partition coefficient (Wildman–Crippen LogP) is 1.92. The molecule has 0 radical (unpaired) electrons. The Hall–Kier alpha value is -3.06. The fourth-order valence-electron chi connectivity index (χ4n) is 2.20. The standard InChI is InChI=1S/C19H20N2O5/c1-12-11-26-19(24)17(13(12)2)16(22)8-7-14-5-4-6-15(21-14)18(23)20-9-10-25-3/h4-8,11H,9-10H2,1-3H3,(H,20,23)/b8-7+. The van der Waals surface area contributed by atoms with E-state index in [1.807, 2.05) is 0 Å². The van der Waals surface area contributed by atoms with Crippen LogP contribution in [-0.4, -0.2) is 36.9 Å². The topological polar surface area (TPSA) is 98.5 Å². The molecule has 1 N–H and O–H groups in total. The van der Waals surface area contributed by atoms with Crippen molar-refractivity contribution < 1.29 is 18.7 Å². The number of hydrogen-bond acceptors (Lipinski definition) is 6. The minimum atomic E-state index is -0.679. The smallest absolute Gasteiger partial charge is 0.347 e. The van der Waals surface area contributed by atoms with Crippen LogP contribution in [0.1, 0.15) is 37.7 Å². The molecule has 0 fully saturated rings. The van der Waals surface area contributed by atoms with E-state index in [-0.39, 0.29) is 17.2 Å². The fraction of sp³-hybridized carbons (Fsp3) is 0.263. The molecule has 2 aromatic rings. The Morgan fingerprint density at radius 1 is 1.31 bits per heavy atom. The number of ketones is 1. The lowest BCUT2D eigenvalue weighted by molar-refractivity contribution is 0.0931. The number of methoxy groups -OCH3 is 1. The molecule has 0 unspecified atom stereocenters. The van der Waals surface area contributed by atoms with Gasteiger partial charge in [0.05, 0.1) is 18.6 Å². The van der Waals surface area contributed by atoms with Gasteiger partial charge in [-0.05, 0) is 49.3 Å². The third-order valence-electron chi connectivity index (χ3n) is 3.76. The SMILES string of the molecule is COCCNC(=O)c1cccc(/C=C/C(=O)c2c(C)c(C)coc2=O)n1. The molecule has 26 heavy (non-hydrogen) atoms. The van der Waals surface area contributed by atoms with Crippen LogP contribution >= 0.6 is 0 Å². The molecular formula is C19H20N2O5. The van der Waals surface area contributed by atoms with Crippen LogP contribution in [0.15, 0.2) is 39.7 Å². The third-order valence-corrected chi connectivity index (χ3v) is 3.76. The predicted molar refractivity (Wildman–Crippen MR) is 96.3 cm³/mol. The maximum absolute atomic E-state index is 12.3. The summed E-state index contributed by atoms with van der Waals surface area (Å²) in [6.45, 7) is 4.22. The molecule has 0 aromatic carbocycles.